The molecule has 1 amide bonds. The van der Waals surface area contributed by atoms with Crippen molar-refractivity contribution in [3.05, 3.63) is 70.9 Å². The van der Waals surface area contributed by atoms with Gasteiger partial charge in [0.25, 0.3) is 5.91 Å². The molecule has 1 aliphatic rings. The smallest absolute Gasteiger partial charge is 0.273 e. The molecule has 2 heterocycles. The fourth-order valence-corrected chi connectivity index (χ4v) is 3.81. The van der Waals surface area contributed by atoms with Gasteiger partial charge in [-0.25, -0.2) is 0 Å². The number of benzene rings is 2. The van der Waals surface area contributed by atoms with Crippen LogP contribution in [0.25, 0.3) is 11.3 Å². The summed E-state index contributed by atoms with van der Waals surface area (Å²) in [4.78, 5) is 14.8. The third-order valence-corrected chi connectivity index (χ3v) is 5.28. The van der Waals surface area contributed by atoms with Crippen molar-refractivity contribution < 1.29 is 9.90 Å². The zero-order valence-electron chi connectivity index (χ0n) is 15.7. The highest BCUT2D eigenvalue weighted by molar-refractivity contribution is 6.00. The summed E-state index contributed by atoms with van der Waals surface area (Å²) in [6, 6.07) is 15.3. The molecule has 0 fully saturated rings. The van der Waals surface area contributed by atoms with Crippen LogP contribution < -0.4 is 0 Å². The van der Waals surface area contributed by atoms with Crippen LogP contribution >= 0.6 is 0 Å². The van der Waals surface area contributed by atoms with Gasteiger partial charge in [0.05, 0.1) is 6.04 Å². The minimum atomic E-state index is -0.216. The molecule has 0 unspecified atom stereocenters. The van der Waals surface area contributed by atoms with Crippen LogP contribution in [0.5, 0.6) is 5.75 Å². The number of rotatable bonds is 4. The molecule has 5 heteroatoms. The summed E-state index contributed by atoms with van der Waals surface area (Å²) in [5, 5.41) is 17.6. The van der Waals surface area contributed by atoms with Crippen molar-refractivity contribution in [2.75, 3.05) is 6.54 Å². The molecular weight excluding hydrogens is 338 g/mol. The van der Waals surface area contributed by atoms with Gasteiger partial charge < -0.3 is 10.0 Å². The Morgan fingerprint density at radius 3 is 2.48 bits per heavy atom. The molecule has 1 atom stereocenters. The van der Waals surface area contributed by atoms with Crippen molar-refractivity contribution in [3.8, 4) is 17.0 Å². The predicted octanol–water partition coefficient (Wildman–Crippen LogP) is 4.47. The van der Waals surface area contributed by atoms with E-state index in [0.717, 1.165) is 11.1 Å². The van der Waals surface area contributed by atoms with Gasteiger partial charge in [0, 0.05) is 17.7 Å². The normalized spacial score (nSPS) is 16.2. The molecule has 3 aromatic rings. The van der Waals surface area contributed by atoms with E-state index in [0.29, 0.717) is 29.4 Å². The van der Waals surface area contributed by atoms with Gasteiger partial charge in [-0.15, -0.1) is 0 Å². The summed E-state index contributed by atoms with van der Waals surface area (Å²) in [5.74, 6) is 0.551. The maximum atomic E-state index is 12.9. The number of carbonyl (C=O) groups excluding carboxylic acids is 1. The van der Waals surface area contributed by atoms with E-state index in [1.165, 1.54) is 5.56 Å². The van der Waals surface area contributed by atoms with Gasteiger partial charge in [-0.2, -0.15) is 5.10 Å². The van der Waals surface area contributed by atoms with Crippen LogP contribution in [0.15, 0.2) is 48.5 Å². The third kappa shape index (κ3) is 2.70. The number of nitrogens with zero attached hydrogens (tertiary/aromatic N) is 2. The van der Waals surface area contributed by atoms with Gasteiger partial charge >= 0.3 is 0 Å². The number of aromatic hydroxyl groups is 1. The monoisotopic (exact) mass is 361 g/mol. The molecule has 0 radical (unpaired) electrons. The number of fused-ring (bicyclic) bond motifs is 1. The van der Waals surface area contributed by atoms with E-state index >= 15 is 0 Å². The Kier molecular flexibility index (Phi) is 4.22. The molecule has 5 nitrogen and oxygen atoms in total. The van der Waals surface area contributed by atoms with Crippen LogP contribution in [0.3, 0.4) is 0 Å². The Morgan fingerprint density at radius 1 is 1.15 bits per heavy atom. The van der Waals surface area contributed by atoms with Crippen LogP contribution in [-0.2, 0) is 0 Å². The third-order valence-electron chi connectivity index (χ3n) is 5.28. The Morgan fingerprint density at radius 2 is 1.85 bits per heavy atom. The number of hydrogen-bond donors (Lipinski definition) is 2. The van der Waals surface area contributed by atoms with Crippen LogP contribution in [-0.4, -0.2) is 32.7 Å². The second-order valence-electron chi connectivity index (χ2n) is 7.19. The molecule has 0 spiro atoms. The number of hydrogen-bond acceptors (Lipinski definition) is 3. The van der Waals surface area contributed by atoms with Crippen LogP contribution in [0.4, 0.5) is 0 Å². The van der Waals surface area contributed by atoms with Gasteiger partial charge in [0.1, 0.15) is 17.1 Å². The molecule has 2 aromatic carbocycles. The molecule has 138 valence electrons. The van der Waals surface area contributed by atoms with Crippen molar-refractivity contribution in [2.45, 2.75) is 32.7 Å². The highest BCUT2D eigenvalue weighted by Gasteiger charge is 2.41. The van der Waals surface area contributed by atoms with Gasteiger partial charge in [-0.3, -0.25) is 9.89 Å². The fourth-order valence-electron chi connectivity index (χ4n) is 3.81. The highest BCUT2D eigenvalue weighted by atomic mass is 16.3. The lowest BCUT2D eigenvalue weighted by Gasteiger charge is -2.25. The van der Waals surface area contributed by atoms with Crippen LogP contribution in [0.1, 0.15) is 59.9 Å². The summed E-state index contributed by atoms with van der Waals surface area (Å²) in [6.07, 6.45) is 0. The first-order chi connectivity index (χ1) is 13.0. The molecule has 1 aliphatic heterocycles. The molecule has 0 aliphatic carbocycles. The maximum absolute atomic E-state index is 12.9. The Labute approximate surface area is 158 Å². The van der Waals surface area contributed by atoms with Gasteiger partial charge in [-0.1, -0.05) is 50.2 Å². The largest absolute Gasteiger partial charge is 0.507 e. The van der Waals surface area contributed by atoms with Crippen molar-refractivity contribution in [2.24, 2.45) is 0 Å². The van der Waals surface area contributed by atoms with Crippen LogP contribution in [0.2, 0.25) is 0 Å². The molecule has 4 rings (SSSR count). The molecule has 27 heavy (non-hydrogen) atoms. The SMILES string of the molecule is CCN1C(=O)c2[nH]nc(-c3ccccc3O)c2[C@@H]1c1ccc(C(C)C)cc1. The topological polar surface area (TPSA) is 69.2 Å². The minimum absolute atomic E-state index is 0.0559. The maximum Gasteiger partial charge on any atom is 0.273 e. The van der Waals surface area contributed by atoms with Gasteiger partial charge in [0.15, 0.2) is 0 Å². The summed E-state index contributed by atoms with van der Waals surface area (Å²) in [6.45, 7) is 6.90. The zero-order valence-corrected chi connectivity index (χ0v) is 15.7. The zero-order chi connectivity index (χ0) is 19.1. The number of para-hydroxylation sites is 1. The Balaban J connectivity index is 1.87. The van der Waals surface area contributed by atoms with Crippen LogP contribution in [0, 0.1) is 0 Å². The first kappa shape index (κ1) is 17.3. The molecule has 2 N–H and O–H groups in total. The van der Waals surface area contributed by atoms with E-state index in [-0.39, 0.29) is 17.7 Å². The van der Waals surface area contributed by atoms with Crippen molar-refractivity contribution >= 4 is 5.91 Å². The lowest BCUT2D eigenvalue weighted by molar-refractivity contribution is 0.0754. The molecule has 0 saturated heterocycles. The van der Waals surface area contributed by atoms with Crippen molar-refractivity contribution in [1.82, 2.24) is 15.1 Å². The number of aromatic nitrogens is 2. The number of aromatic amines is 1. The average Bonchev–Trinajstić information content (AvgIpc) is 3.21. The number of nitrogens with one attached hydrogen (secondary N) is 1. The number of amides is 1. The summed E-state index contributed by atoms with van der Waals surface area (Å²) in [5.41, 5.74) is 4.91. The van der Waals surface area contributed by atoms with Crippen molar-refractivity contribution in [3.63, 3.8) is 0 Å². The first-order valence-electron chi connectivity index (χ1n) is 9.30. The van der Waals surface area contributed by atoms with Gasteiger partial charge in [0.2, 0.25) is 0 Å². The lowest BCUT2D eigenvalue weighted by Crippen LogP contribution is -2.29. The summed E-state index contributed by atoms with van der Waals surface area (Å²) < 4.78 is 0. The second kappa shape index (κ2) is 6.58. The number of phenolic OH excluding ortho intramolecular Hbond substituents is 1. The number of phenols is 1. The molecular formula is C22H23N3O2. The molecule has 1 aromatic heterocycles. The number of H-pyrrole nitrogens is 1. The van der Waals surface area contributed by atoms with E-state index in [9.17, 15) is 9.90 Å². The Hall–Kier alpha value is -3.08. The molecule has 0 saturated carbocycles. The summed E-state index contributed by atoms with van der Waals surface area (Å²) in [7, 11) is 0. The van der Waals surface area contributed by atoms with E-state index in [1.54, 1.807) is 12.1 Å². The highest BCUT2D eigenvalue weighted by Crippen LogP contribution is 2.44. The van der Waals surface area contributed by atoms with Gasteiger partial charge in [-0.05, 0) is 36.1 Å². The quantitative estimate of drug-likeness (QED) is 0.720. The van der Waals surface area contributed by atoms with Crippen molar-refractivity contribution in [1.29, 1.82) is 0 Å². The van der Waals surface area contributed by atoms with E-state index in [1.807, 2.05) is 24.0 Å². The van der Waals surface area contributed by atoms with E-state index in [4.69, 9.17) is 0 Å². The van der Waals surface area contributed by atoms with E-state index in [2.05, 4.69) is 48.3 Å². The fraction of sp³-hybridized carbons (Fsp3) is 0.273. The predicted molar refractivity (Wildman–Crippen MR) is 105 cm³/mol. The summed E-state index contributed by atoms with van der Waals surface area (Å²) >= 11 is 0. The minimum Gasteiger partial charge on any atom is -0.507 e. The second-order valence-corrected chi connectivity index (χ2v) is 7.19. The number of carbonyl (C=O) groups is 1. The standard InChI is InChI=1S/C22H23N3O2/c1-4-25-21(15-11-9-14(10-12-15)13(2)3)18-19(23-24-20(18)22(25)27)16-7-5-6-8-17(16)26/h5-13,21,26H,4H2,1-3H3,(H,23,24)/t21-/m0/s1. The Bertz CT molecular complexity index is 989. The van der Waals surface area contributed by atoms with E-state index < -0.39 is 0 Å². The molecule has 0 bridgehead atoms. The lowest BCUT2D eigenvalue weighted by atomic mass is 9.93. The average molecular weight is 361 g/mol. The first-order valence-corrected chi connectivity index (χ1v) is 9.30.